The third-order valence-corrected chi connectivity index (χ3v) is 4.25. The van der Waals surface area contributed by atoms with Crippen LogP contribution >= 0.6 is 11.8 Å². The number of nitrogens with zero attached hydrogens (tertiary/aromatic N) is 2. The zero-order chi connectivity index (χ0) is 16.8. The molecule has 1 aromatic heterocycles. The summed E-state index contributed by atoms with van der Waals surface area (Å²) in [5.41, 5.74) is 1.57. The van der Waals surface area contributed by atoms with Crippen molar-refractivity contribution in [1.82, 2.24) is 4.98 Å². The van der Waals surface area contributed by atoms with Gasteiger partial charge in [0.2, 0.25) is 0 Å². The first kappa shape index (κ1) is 15.8. The number of rotatable bonds is 4. The van der Waals surface area contributed by atoms with Crippen LogP contribution in [0, 0.1) is 11.3 Å². The lowest BCUT2D eigenvalue weighted by Crippen LogP contribution is -2.13. The summed E-state index contributed by atoms with van der Waals surface area (Å²) in [6.07, 6.45) is 1.67. The van der Waals surface area contributed by atoms with Crippen LogP contribution in [0.15, 0.2) is 82.8 Å². The number of benzene rings is 2. The Labute approximate surface area is 144 Å². The van der Waals surface area contributed by atoms with Crippen molar-refractivity contribution in [3.8, 4) is 6.07 Å². The summed E-state index contributed by atoms with van der Waals surface area (Å²) < 4.78 is 0. The standard InChI is InChI=1S/C19H13N3OS/c20-13-14-6-4-7-15(12-14)22-18(23)17-10-5-11-21-19(17)24-16-8-2-1-3-9-16/h1-12H,(H,22,23). The van der Waals surface area contributed by atoms with Gasteiger partial charge in [0, 0.05) is 16.8 Å². The molecule has 5 heteroatoms. The zero-order valence-electron chi connectivity index (χ0n) is 12.6. The van der Waals surface area contributed by atoms with E-state index in [1.807, 2.05) is 30.3 Å². The van der Waals surface area contributed by atoms with Crippen molar-refractivity contribution < 1.29 is 4.79 Å². The van der Waals surface area contributed by atoms with E-state index in [-0.39, 0.29) is 5.91 Å². The fourth-order valence-corrected chi connectivity index (χ4v) is 3.01. The lowest BCUT2D eigenvalue weighted by atomic mass is 10.2. The maximum Gasteiger partial charge on any atom is 0.258 e. The predicted octanol–water partition coefficient (Wildman–Crippen LogP) is 4.36. The summed E-state index contributed by atoms with van der Waals surface area (Å²) in [5, 5.41) is 12.4. The molecule has 4 nitrogen and oxygen atoms in total. The van der Waals surface area contributed by atoms with Crippen molar-refractivity contribution in [3.05, 3.63) is 84.1 Å². The number of hydrogen-bond acceptors (Lipinski definition) is 4. The van der Waals surface area contributed by atoms with Gasteiger partial charge in [0.25, 0.3) is 5.91 Å². The van der Waals surface area contributed by atoms with E-state index >= 15 is 0 Å². The molecule has 24 heavy (non-hydrogen) atoms. The van der Waals surface area contributed by atoms with E-state index in [2.05, 4.69) is 16.4 Å². The van der Waals surface area contributed by atoms with Crippen LogP contribution in [0.25, 0.3) is 0 Å². The molecule has 1 heterocycles. The number of nitriles is 1. The molecule has 0 saturated carbocycles. The van der Waals surface area contributed by atoms with Crippen LogP contribution in [0.3, 0.4) is 0 Å². The van der Waals surface area contributed by atoms with Gasteiger partial charge in [0.15, 0.2) is 0 Å². The second-order valence-corrected chi connectivity index (χ2v) is 5.98. The van der Waals surface area contributed by atoms with Crippen LogP contribution < -0.4 is 5.32 Å². The Morgan fingerprint density at radius 3 is 2.67 bits per heavy atom. The number of aromatic nitrogens is 1. The summed E-state index contributed by atoms with van der Waals surface area (Å²) in [6.45, 7) is 0. The van der Waals surface area contributed by atoms with Crippen molar-refractivity contribution in [2.75, 3.05) is 5.32 Å². The number of hydrogen-bond donors (Lipinski definition) is 1. The average Bonchev–Trinajstić information content (AvgIpc) is 2.63. The van der Waals surface area contributed by atoms with Gasteiger partial charge in [-0.15, -0.1) is 0 Å². The lowest BCUT2D eigenvalue weighted by molar-refractivity contribution is 0.102. The Bertz CT molecular complexity index is 904. The molecule has 0 unspecified atom stereocenters. The topological polar surface area (TPSA) is 65.8 Å². The van der Waals surface area contributed by atoms with Gasteiger partial charge < -0.3 is 5.32 Å². The van der Waals surface area contributed by atoms with Crippen LogP contribution in [-0.2, 0) is 0 Å². The average molecular weight is 331 g/mol. The number of pyridine rings is 1. The van der Waals surface area contributed by atoms with Gasteiger partial charge in [-0.05, 0) is 42.5 Å². The molecule has 0 radical (unpaired) electrons. The first-order valence-corrected chi connectivity index (χ1v) is 8.07. The van der Waals surface area contributed by atoms with Gasteiger partial charge in [0.1, 0.15) is 5.03 Å². The maximum atomic E-state index is 12.6. The molecule has 0 saturated heterocycles. The lowest BCUT2D eigenvalue weighted by Gasteiger charge is -2.09. The monoisotopic (exact) mass is 331 g/mol. The molecule has 0 bridgehead atoms. The second-order valence-electron chi connectivity index (χ2n) is 4.92. The quantitative estimate of drug-likeness (QED) is 0.771. The second kappa shape index (κ2) is 7.44. The van der Waals surface area contributed by atoms with Gasteiger partial charge in [0.05, 0.1) is 17.2 Å². The highest BCUT2D eigenvalue weighted by Gasteiger charge is 2.13. The minimum absolute atomic E-state index is 0.253. The molecule has 0 fully saturated rings. The van der Waals surface area contributed by atoms with Gasteiger partial charge in [-0.3, -0.25) is 4.79 Å². The third kappa shape index (κ3) is 3.80. The van der Waals surface area contributed by atoms with Crippen LogP contribution in [0.1, 0.15) is 15.9 Å². The Morgan fingerprint density at radius 1 is 1.04 bits per heavy atom. The fourth-order valence-electron chi connectivity index (χ4n) is 2.11. The summed E-state index contributed by atoms with van der Waals surface area (Å²) in [4.78, 5) is 17.9. The van der Waals surface area contributed by atoms with Crippen LogP contribution in [-0.4, -0.2) is 10.9 Å². The molecule has 3 aromatic rings. The summed E-state index contributed by atoms with van der Waals surface area (Å²) >= 11 is 1.44. The number of nitrogens with one attached hydrogen (secondary N) is 1. The minimum Gasteiger partial charge on any atom is -0.322 e. The van der Waals surface area contributed by atoms with Crippen molar-refractivity contribution >= 4 is 23.4 Å². The number of anilines is 1. The predicted molar refractivity (Wildman–Crippen MR) is 93.9 cm³/mol. The highest BCUT2D eigenvalue weighted by molar-refractivity contribution is 7.99. The number of carbonyl (C=O) groups is 1. The van der Waals surface area contributed by atoms with E-state index in [0.29, 0.717) is 21.8 Å². The third-order valence-electron chi connectivity index (χ3n) is 3.22. The molecule has 0 aliphatic heterocycles. The van der Waals surface area contributed by atoms with E-state index in [0.717, 1.165) is 4.90 Å². The molecular formula is C19H13N3OS. The molecule has 116 valence electrons. The number of amides is 1. The maximum absolute atomic E-state index is 12.6. The van der Waals surface area contributed by atoms with E-state index < -0.39 is 0 Å². The van der Waals surface area contributed by atoms with Crippen molar-refractivity contribution in [3.63, 3.8) is 0 Å². The van der Waals surface area contributed by atoms with Crippen LogP contribution in [0.2, 0.25) is 0 Å². The van der Waals surface area contributed by atoms with Crippen LogP contribution in [0.4, 0.5) is 5.69 Å². The smallest absolute Gasteiger partial charge is 0.258 e. The zero-order valence-corrected chi connectivity index (χ0v) is 13.5. The van der Waals surface area contributed by atoms with Crippen LogP contribution in [0.5, 0.6) is 0 Å². The first-order chi connectivity index (χ1) is 11.8. The largest absolute Gasteiger partial charge is 0.322 e. The molecule has 3 rings (SSSR count). The van der Waals surface area contributed by atoms with E-state index in [4.69, 9.17) is 5.26 Å². The molecular weight excluding hydrogens is 318 g/mol. The molecule has 0 spiro atoms. The summed E-state index contributed by atoms with van der Waals surface area (Å²) in [5.74, 6) is -0.253. The summed E-state index contributed by atoms with van der Waals surface area (Å²) in [6, 6.07) is 22.1. The van der Waals surface area contributed by atoms with E-state index in [1.54, 1.807) is 42.6 Å². The van der Waals surface area contributed by atoms with Crippen molar-refractivity contribution in [2.45, 2.75) is 9.92 Å². The molecule has 0 aliphatic carbocycles. The minimum atomic E-state index is -0.253. The Morgan fingerprint density at radius 2 is 1.88 bits per heavy atom. The Balaban J connectivity index is 1.83. The fraction of sp³-hybridized carbons (Fsp3) is 0. The molecule has 0 aliphatic rings. The SMILES string of the molecule is N#Cc1cccc(NC(=O)c2cccnc2Sc2ccccc2)c1. The normalized spacial score (nSPS) is 9.96. The van der Waals surface area contributed by atoms with Crippen molar-refractivity contribution in [2.24, 2.45) is 0 Å². The highest BCUT2D eigenvalue weighted by Crippen LogP contribution is 2.28. The summed E-state index contributed by atoms with van der Waals surface area (Å²) in [7, 11) is 0. The van der Waals surface area contributed by atoms with Gasteiger partial charge in [-0.1, -0.05) is 36.0 Å². The highest BCUT2D eigenvalue weighted by atomic mass is 32.2. The Kier molecular flexibility index (Phi) is 4.90. The Hall–Kier alpha value is -3.10. The van der Waals surface area contributed by atoms with Crippen molar-refractivity contribution in [1.29, 1.82) is 5.26 Å². The first-order valence-electron chi connectivity index (χ1n) is 7.26. The molecule has 0 atom stereocenters. The van der Waals surface area contributed by atoms with Gasteiger partial charge in [-0.25, -0.2) is 4.98 Å². The van der Waals surface area contributed by atoms with Gasteiger partial charge in [-0.2, -0.15) is 5.26 Å². The van der Waals surface area contributed by atoms with E-state index in [1.165, 1.54) is 11.8 Å². The molecule has 1 amide bonds. The molecule has 1 N–H and O–H groups in total. The number of carbonyl (C=O) groups excluding carboxylic acids is 1. The van der Waals surface area contributed by atoms with Gasteiger partial charge >= 0.3 is 0 Å². The molecule has 2 aromatic carbocycles. The van der Waals surface area contributed by atoms with E-state index in [9.17, 15) is 4.79 Å².